The van der Waals surface area contributed by atoms with E-state index in [-0.39, 0.29) is 11.6 Å². The molecular formula is C12H20O2. The summed E-state index contributed by atoms with van der Waals surface area (Å²) in [6.45, 7) is 8.29. The second-order valence-electron chi connectivity index (χ2n) is 5.90. The average Bonchev–Trinajstić information content (AvgIpc) is 2.01. The van der Waals surface area contributed by atoms with E-state index in [0.717, 1.165) is 24.7 Å². The average molecular weight is 196 g/mol. The van der Waals surface area contributed by atoms with Crippen molar-refractivity contribution in [2.45, 2.75) is 52.6 Å². The Labute approximate surface area is 86.0 Å². The molecule has 1 unspecified atom stereocenters. The summed E-state index contributed by atoms with van der Waals surface area (Å²) in [5.74, 6) is 1.38. The van der Waals surface area contributed by atoms with E-state index in [0.29, 0.717) is 5.41 Å². The van der Waals surface area contributed by atoms with Crippen molar-refractivity contribution in [3.63, 3.8) is 0 Å². The maximum atomic E-state index is 11.0. The van der Waals surface area contributed by atoms with Gasteiger partial charge in [0.1, 0.15) is 5.60 Å². The Bertz CT molecular complexity index is 253. The number of fused-ring (bicyclic) bond motifs is 2. The highest BCUT2D eigenvalue weighted by Gasteiger charge is 2.57. The van der Waals surface area contributed by atoms with Gasteiger partial charge in [0.2, 0.25) is 0 Å². The Morgan fingerprint density at radius 1 is 1.21 bits per heavy atom. The van der Waals surface area contributed by atoms with Crippen LogP contribution in [0.3, 0.4) is 0 Å². The summed E-state index contributed by atoms with van der Waals surface area (Å²) >= 11 is 0. The Morgan fingerprint density at radius 2 is 1.71 bits per heavy atom. The fraction of sp³-hybridized carbons (Fsp3) is 0.917. The largest absolute Gasteiger partial charge is 0.460 e. The maximum Gasteiger partial charge on any atom is 0.303 e. The molecule has 0 saturated heterocycles. The molecule has 0 aromatic rings. The fourth-order valence-corrected chi connectivity index (χ4v) is 3.37. The Balaban J connectivity index is 2.05. The van der Waals surface area contributed by atoms with Gasteiger partial charge in [-0.25, -0.2) is 0 Å². The third-order valence-corrected chi connectivity index (χ3v) is 4.42. The molecule has 3 saturated carbocycles. The molecule has 0 N–H and O–H groups in total. The van der Waals surface area contributed by atoms with E-state index in [2.05, 4.69) is 20.8 Å². The van der Waals surface area contributed by atoms with Crippen LogP contribution in [-0.2, 0) is 9.53 Å². The molecule has 2 bridgehead atoms. The predicted octanol–water partition coefficient (Wildman–Crippen LogP) is 2.76. The molecule has 3 rings (SSSR count). The molecule has 0 aromatic carbocycles. The zero-order valence-corrected chi connectivity index (χ0v) is 9.59. The van der Waals surface area contributed by atoms with Crippen LogP contribution in [0.4, 0.5) is 0 Å². The van der Waals surface area contributed by atoms with Crippen LogP contribution < -0.4 is 0 Å². The van der Waals surface area contributed by atoms with Gasteiger partial charge in [-0.15, -0.1) is 0 Å². The van der Waals surface area contributed by atoms with E-state index in [9.17, 15) is 4.79 Å². The van der Waals surface area contributed by atoms with Crippen molar-refractivity contribution >= 4 is 5.97 Å². The van der Waals surface area contributed by atoms with Crippen LogP contribution in [-0.4, -0.2) is 11.6 Å². The normalized spacial score (nSPS) is 44.0. The molecule has 14 heavy (non-hydrogen) atoms. The molecule has 0 spiro atoms. The first-order chi connectivity index (χ1) is 6.33. The second kappa shape index (κ2) is 2.74. The van der Waals surface area contributed by atoms with Crippen LogP contribution in [0.2, 0.25) is 0 Å². The van der Waals surface area contributed by atoms with Gasteiger partial charge in [0.25, 0.3) is 0 Å². The van der Waals surface area contributed by atoms with Crippen LogP contribution in [0.5, 0.6) is 0 Å². The van der Waals surface area contributed by atoms with Gasteiger partial charge in [-0.2, -0.15) is 0 Å². The van der Waals surface area contributed by atoms with Crippen LogP contribution in [0.1, 0.15) is 47.0 Å². The van der Waals surface area contributed by atoms with Crippen LogP contribution >= 0.6 is 0 Å². The van der Waals surface area contributed by atoms with Gasteiger partial charge in [0.15, 0.2) is 0 Å². The molecular weight excluding hydrogens is 176 g/mol. The number of ether oxygens (including phenoxy) is 1. The Kier molecular flexibility index (Phi) is 1.96. The highest BCUT2D eigenvalue weighted by molar-refractivity contribution is 5.66. The lowest BCUT2D eigenvalue weighted by atomic mass is 9.46. The van der Waals surface area contributed by atoms with Gasteiger partial charge in [0, 0.05) is 6.92 Å². The molecule has 80 valence electrons. The molecule has 0 aliphatic heterocycles. The third kappa shape index (κ3) is 1.35. The van der Waals surface area contributed by atoms with Crippen LogP contribution in [0, 0.1) is 17.3 Å². The topological polar surface area (TPSA) is 26.3 Å². The number of hydrogen-bond donors (Lipinski definition) is 0. The smallest absolute Gasteiger partial charge is 0.303 e. The molecule has 2 nitrogen and oxygen atoms in total. The summed E-state index contributed by atoms with van der Waals surface area (Å²) in [5, 5.41) is 0. The predicted molar refractivity (Wildman–Crippen MR) is 54.8 cm³/mol. The van der Waals surface area contributed by atoms with Crippen LogP contribution in [0.15, 0.2) is 0 Å². The first-order valence-corrected chi connectivity index (χ1v) is 5.53. The number of rotatable bonds is 1. The summed E-state index contributed by atoms with van der Waals surface area (Å²) in [6.07, 6.45) is 3.44. The Morgan fingerprint density at radius 3 is 2.07 bits per heavy atom. The first-order valence-electron chi connectivity index (χ1n) is 5.53. The first kappa shape index (κ1) is 10.0. The molecule has 3 atom stereocenters. The van der Waals surface area contributed by atoms with Crippen molar-refractivity contribution in [2.75, 3.05) is 0 Å². The zero-order valence-electron chi connectivity index (χ0n) is 9.59. The van der Waals surface area contributed by atoms with Crippen molar-refractivity contribution < 1.29 is 9.53 Å². The number of carbonyl (C=O) groups excluding carboxylic acids is 1. The maximum absolute atomic E-state index is 11.0. The second-order valence-corrected chi connectivity index (χ2v) is 5.90. The Hall–Kier alpha value is -0.530. The van der Waals surface area contributed by atoms with Gasteiger partial charge in [0.05, 0.1) is 0 Å². The molecule has 0 heterocycles. The number of carbonyl (C=O) groups is 1. The summed E-state index contributed by atoms with van der Waals surface area (Å²) < 4.78 is 5.43. The van der Waals surface area contributed by atoms with E-state index in [4.69, 9.17) is 4.74 Å². The highest BCUT2D eigenvalue weighted by atomic mass is 16.6. The van der Waals surface area contributed by atoms with Crippen LogP contribution in [0.25, 0.3) is 0 Å². The SMILES string of the molecule is CC(=O)OC1(C)C[C@H]2C[C@@H](C1)C2(C)C. The minimum absolute atomic E-state index is 0.133. The zero-order chi connectivity index (χ0) is 10.6. The monoisotopic (exact) mass is 196 g/mol. The summed E-state index contributed by atoms with van der Waals surface area (Å²) in [4.78, 5) is 11.0. The lowest BCUT2D eigenvalue weighted by Crippen LogP contribution is -2.57. The molecule has 3 aliphatic rings. The summed E-state index contributed by atoms with van der Waals surface area (Å²) in [5.41, 5.74) is 0.314. The van der Waals surface area contributed by atoms with E-state index in [1.165, 1.54) is 13.3 Å². The highest BCUT2D eigenvalue weighted by Crippen LogP contribution is 2.62. The van der Waals surface area contributed by atoms with Crippen molar-refractivity contribution in [1.82, 2.24) is 0 Å². The molecule has 0 radical (unpaired) electrons. The van der Waals surface area contributed by atoms with E-state index in [1.54, 1.807) is 0 Å². The summed E-state index contributed by atoms with van der Waals surface area (Å²) in [6, 6.07) is 0. The van der Waals surface area contributed by atoms with Gasteiger partial charge in [-0.05, 0) is 43.4 Å². The number of esters is 1. The quantitative estimate of drug-likeness (QED) is 0.603. The van der Waals surface area contributed by atoms with Gasteiger partial charge in [-0.1, -0.05) is 13.8 Å². The molecule has 0 aromatic heterocycles. The van der Waals surface area contributed by atoms with E-state index < -0.39 is 0 Å². The lowest BCUT2D eigenvalue weighted by molar-refractivity contribution is -0.192. The minimum Gasteiger partial charge on any atom is -0.460 e. The standard InChI is InChI=1S/C12H20O2/c1-8(13)14-12(4)6-9-5-10(7-12)11(9,2)3/h9-10H,5-7H2,1-4H3/t9-,10+,12?. The van der Waals surface area contributed by atoms with Crippen molar-refractivity contribution in [3.8, 4) is 0 Å². The third-order valence-electron chi connectivity index (χ3n) is 4.42. The lowest BCUT2D eigenvalue weighted by Gasteiger charge is -2.61. The summed E-state index contributed by atoms with van der Waals surface area (Å²) in [7, 11) is 0. The molecule has 2 heteroatoms. The van der Waals surface area contributed by atoms with Gasteiger partial charge < -0.3 is 4.74 Å². The molecule has 3 aliphatic carbocycles. The van der Waals surface area contributed by atoms with E-state index in [1.807, 2.05) is 0 Å². The van der Waals surface area contributed by atoms with Gasteiger partial charge in [-0.3, -0.25) is 4.79 Å². The fourth-order valence-electron chi connectivity index (χ4n) is 3.37. The van der Waals surface area contributed by atoms with Gasteiger partial charge >= 0.3 is 5.97 Å². The number of hydrogen-bond acceptors (Lipinski definition) is 2. The minimum atomic E-state index is -0.172. The molecule has 3 fully saturated rings. The van der Waals surface area contributed by atoms with Crippen molar-refractivity contribution in [3.05, 3.63) is 0 Å². The van der Waals surface area contributed by atoms with Crippen molar-refractivity contribution in [2.24, 2.45) is 17.3 Å². The molecule has 0 amide bonds. The van der Waals surface area contributed by atoms with E-state index >= 15 is 0 Å². The van der Waals surface area contributed by atoms with Crippen molar-refractivity contribution in [1.29, 1.82) is 0 Å².